The van der Waals surface area contributed by atoms with Crippen LogP contribution < -0.4 is 0 Å². The minimum absolute atomic E-state index is 0.332. The molecule has 0 radical (unpaired) electrons. The maximum Gasteiger partial charge on any atom is 0.0743 e. The molecular weight excluding hydrogens is 955 g/mol. The van der Waals surface area contributed by atoms with Gasteiger partial charge in [-0.3, -0.25) is 19.6 Å². The van der Waals surface area contributed by atoms with E-state index >= 15 is 0 Å². The van der Waals surface area contributed by atoms with Crippen LogP contribution in [0.5, 0.6) is 0 Å². The van der Waals surface area contributed by atoms with E-state index in [9.17, 15) is 0 Å². The van der Waals surface area contributed by atoms with Crippen molar-refractivity contribution in [1.82, 2.24) is 24.5 Å². The molecule has 9 aliphatic rings. The molecule has 0 bridgehead atoms. The first-order chi connectivity index (χ1) is 36.8. The van der Waals surface area contributed by atoms with Gasteiger partial charge in [0.15, 0.2) is 0 Å². The average Bonchev–Trinajstić information content (AvgIpc) is 4.27. The fourth-order valence-electron chi connectivity index (χ4n) is 12.7. The summed E-state index contributed by atoms with van der Waals surface area (Å²) in [5.74, 6) is 4.45. The van der Waals surface area contributed by atoms with Gasteiger partial charge in [0.05, 0.1) is 25.4 Å². The Morgan fingerprint density at radius 3 is 1.53 bits per heavy atom. The first-order valence-corrected chi connectivity index (χ1v) is 33.1. The normalized spacial score (nSPS) is 26.9. The fraction of sp³-hybridized carbons (Fsp3) is 0.970. The van der Waals surface area contributed by atoms with E-state index in [4.69, 9.17) is 24.1 Å². The van der Waals surface area contributed by atoms with Crippen LogP contribution in [-0.2, 0) is 18.9 Å². The van der Waals surface area contributed by atoms with Crippen molar-refractivity contribution in [2.45, 2.75) is 294 Å². The van der Waals surface area contributed by atoms with E-state index in [1.54, 1.807) is 12.7 Å². The van der Waals surface area contributed by atoms with Crippen LogP contribution in [0.4, 0.5) is 0 Å². The number of nitrogens with zero attached hydrogens (tertiary/aromatic N) is 5. The van der Waals surface area contributed by atoms with E-state index in [-0.39, 0.29) is 0 Å². The number of aliphatic hydroxyl groups is 1. The lowest BCUT2D eigenvalue weighted by molar-refractivity contribution is 0.0653. The van der Waals surface area contributed by atoms with Crippen molar-refractivity contribution < 1.29 is 24.1 Å². The van der Waals surface area contributed by atoms with Crippen LogP contribution in [0.2, 0.25) is 0 Å². The molecule has 7 aliphatic heterocycles. The second-order valence-electron chi connectivity index (χ2n) is 26.8. The van der Waals surface area contributed by atoms with Crippen LogP contribution in [-0.4, -0.2) is 183 Å². The molecule has 8 fully saturated rings. The van der Waals surface area contributed by atoms with Crippen LogP contribution in [0.15, 0.2) is 11.6 Å². The number of hydrogen-bond donors (Lipinski definition) is 1. The van der Waals surface area contributed by atoms with Crippen molar-refractivity contribution in [3.05, 3.63) is 11.6 Å². The van der Waals surface area contributed by atoms with Gasteiger partial charge in [0.2, 0.25) is 0 Å². The van der Waals surface area contributed by atoms with Gasteiger partial charge in [-0.1, -0.05) is 98.1 Å². The van der Waals surface area contributed by atoms with Crippen LogP contribution >= 0.6 is 0 Å². The van der Waals surface area contributed by atoms with E-state index in [0.717, 1.165) is 87.8 Å². The molecule has 5 atom stereocenters. The Balaban J connectivity index is 0.000000302. The number of hydrogen-bond acceptors (Lipinski definition) is 10. The number of allylic oxidation sites excluding steroid dienone is 2. The maximum atomic E-state index is 9.07. The number of methoxy groups -OCH3 is 1. The predicted octanol–water partition coefficient (Wildman–Crippen LogP) is 14.7. The Morgan fingerprint density at radius 1 is 0.494 bits per heavy atom. The molecule has 1 saturated carbocycles. The molecule has 0 aromatic rings. The Labute approximate surface area is 480 Å². The molecular formula is C67H135N5O5. The number of fused-ring (bicyclic) bond motifs is 1. The van der Waals surface area contributed by atoms with Gasteiger partial charge in [-0.2, -0.15) is 0 Å². The van der Waals surface area contributed by atoms with E-state index in [2.05, 4.69) is 141 Å². The standard InChI is InChI=1S/C9H17NO.C9H19NO.C9H18.C9H16.2C8H17NO.C8H17N.C7H14O/c1-7(2)10-5-3-9-8(10)4-6-11-9;1-8(2)10-6-4-3-5-9(10)7-11;2*1-8(2)9-6-4-3-5-7-9;1-7(2)9-5-4-8(6-9)10-3;1-8(2)9-4-3-6-10-7-5-9;1-8(2)9-6-4-3-5-7-9;1-6(2)7-3-4-8-5-7/h7-9H,3-6H2,1-2H3;8-9,11H,3-7H2,1-2H3;8-9H,3-7H2,1-2H3;6,8H,3-5,7H2,1-2H3;7-8H,4-6H2,1-3H3;8H,3-7H2,1-2H3;8H,3-7H2,1-2H3;6-7H,3-5H2,1-2H3. The predicted molar refractivity (Wildman–Crippen MR) is 333 cm³/mol. The van der Waals surface area contributed by atoms with Gasteiger partial charge in [0.1, 0.15) is 0 Å². The molecule has 9 rings (SSSR count). The van der Waals surface area contributed by atoms with E-state index in [0.29, 0.717) is 49.0 Å². The highest BCUT2D eigenvalue weighted by molar-refractivity contribution is 5.07. The lowest BCUT2D eigenvalue weighted by Crippen LogP contribution is -2.45. The number of piperidine rings is 2. The topological polar surface area (TPSA) is 73.4 Å². The largest absolute Gasteiger partial charge is 0.395 e. The molecule has 77 heavy (non-hydrogen) atoms. The lowest BCUT2D eigenvalue weighted by atomic mass is 9.82. The first-order valence-electron chi connectivity index (χ1n) is 33.1. The SMILES string of the molecule is CC(C)C1=CCCCC1.CC(C)C1CCCCC1.CC(C)C1CCOC1.CC(C)N1CCC2OCCC21.CC(C)N1CCCCC1.CC(C)N1CCCCC1CO.CC(C)N1CCCOCC1.COC1CCN(C(C)C)C1. The zero-order valence-electron chi connectivity index (χ0n) is 54.5. The van der Waals surface area contributed by atoms with Crippen LogP contribution in [0.1, 0.15) is 239 Å². The van der Waals surface area contributed by atoms with Gasteiger partial charge in [-0.15, -0.1) is 0 Å². The van der Waals surface area contributed by atoms with Crippen LogP contribution in [0.25, 0.3) is 0 Å². The molecule has 10 nitrogen and oxygen atoms in total. The summed E-state index contributed by atoms with van der Waals surface area (Å²) < 4.78 is 21.4. The summed E-state index contributed by atoms with van der Waals surface area (Å²) in [4.78, 5) is 12.5. The molecule has 0 spiro atoms. The van der Waals surface area contributed by atoms with E-state index in [1.165, 1.54) is 168 Å². The Hall–Kier alpha value is -0.660. The zero-order valence-corrected chi connectivity index (χ0v) is 54.5. The third-order valence-electron chi connectivity index (χ3n) is 18.4. The number of aliphatic hydroxyl groups excluding tert-OH is 1. The first kappa shape index (κ1) is 72.4. The summed E-state index contributed by atoms with van der Waals surface area (Å²) in [6.07, 6.45) is 30.7. The highest BCUT2D eigenvalue weighted by Crippen LogP contribution is 2.31. The van der Waals surface area contributed by atoms with Crippen LogP contribution in [0, 0.1) is 29.6 Å². The summed E-state index contributed by atoms with van der Waals surface area (Å²) >= 11 is 0. The summed E-state index contributed by atoms with van der Waals surface area (Å²) in [6, 6.07) is 4.60. The van der Waals surface area contributed by atoms with Gasteiger partial charge < -0.3 is 29.0 Å². The van der Waals surface area contributed by atoms with Crippen LogP contribution in [0.3, 0.4) is 0 Å². The molecule has 5 unspecified atom stereocenters. The smallest absolute Gasteiger partial charge is 0.0743 e. The highest BCUT2D eigenvalue weighted by atomic mass is 16.5. The molecule has 2 aliphatic carbocycles. The van der Waals surface area contributed by atoms with Gasteiger partial charge in [-0.25, -0.2) is 0 Å². The Bertz CT molecular complexity index is 1350. The van der Waals surface area contributed by atoms with E-state index in [1.807, 2.05) is 0 Å². The number of rotatable bonds is 10. The molecule has 10 heteroatoms. The molecule has 0 aromatic heterocycles. The van der Waals surface area contributed by atoms with Crippen molar-refractivity contribution in [3.63, 3.8) is 0 Å². The van der Waals surface area contributed by atoms with E-state index < -0.39 is 0 Å². The highest BCUT2D eigenvalue weighted by Gasteiger charge is 2.39. The summed E-state index contributed by atoms with van der Waals surface area (Å²) in [7, 11) is 1.80. The van der Waals surface area contributed by atoms with Crippen molar-refractivity contribution in [2.75, 3.05) is 99.1 Å². The minimum atomic E-state index is 0.332. The summed E-state index contributed by atoms with van der Waals surface area (Å²) in [5, 5.41) is 9.07. The van der Waals surface area contributed by atoms with Crippen molar-refractivity contribution >= 4 is 0 Å². The molecule has 7 heterocycles. The number of likely N-dealkylation sites (tertiary alicyclic amines) is 4. The third-order valence-corrected chi connectivity index (χ3v) is 18.4. The maximum absolute atomic E-state index is 9.07. The van der Waals surface area contributed by atoms with Crippen molar-refractivity contribution in [3.8, 4) is 0 Å². The third kappa shape index (κ3) is 31.0. The second kappa shape index (κ2) is 43.1. The quantitative estimate of drug-likeness (QED) is 0.214. The van der Waals surface area contributed by atoms with Gasteiger partial charge in [0, 0.05) is 109 Å². The molecule has 0 aromatic carbocycles. The van der Waals surface area contributed by atoms with Crippen molar-refractivity contribution in [2.24, 2.45) is 29.6 Å². The van der Waals surface area contributed by atoms with Crippen molar-refractivity contribution in [1.29, 1.82) is 0 Å². The lowest BCUT2D eigenvalue weighted by Gasteiger charge is -2.37. The molecule has 7 saturated heterocycles. The molecule has 458 valence electrons. The Morgan fingerprint density at radius 2 is 1.09 bits per heavy atom. The molecule has 1 N–H and O–H groups in total. The Kier molecular flexibility index (Phi) is 40.5. The minimum Gasteiger partial charge on any atom is -0.395 e. The molecule has 0 amide bonds. The second-order valence-corrected chi connectivity index (χ2v) is 26.8. The van der Waals surface area contributed by atoms with Gasteiger partial charge in [0.25, 0.3) is 0 Å². The fourth-order valence-corrected chi connectivity index (χ4v) is 12.7. The average molecular weight is 1090 g/mol. The van der Waals surface area contributed by atoms with Gasteiger partial charge in [-0.05, 0) is 202 Å². The summed E-state index contributed by atoms with van der Waals surface area (Å²) in [6.45, 7) is 51.2. The summed E-state index contributed by atoms with van der Waals surface area (Å²) in [5.41, 5.74) is 1.68. The zero-order chi connectivity index (χ0) is 57.1. The van der Waals surface area contributed by atoms with Gasteiger partial charge >= 0.3 is 0 Å². The number of ether oxygens (including phenoxy) is 4. The monoisotopic (exact) mass is 1090 g/mol.